The van der Waals surface area contributed by atoms with Crippen molar-refractivity contribution in [3.63, 3.8) is 0 Å². The zero-order valence-corrected chi connectivity index (χ0v) is 21.6. The van der Waals surface area contributed by atoms with Gasteiger partial charge in [0, 0.05) is 63.2 Å². The Morgan fingerprint density at radius 2 is 1.89 bits per heavy atom. The first-order valence-electron chi connectivity index (χ1n) is 13.2. The normalized spacial score (nSPS) is 17.9. The van der Waals surface area contributed by atoms with E-state index in [1.54, 1.807) is 4.90 Å². The molecule has 2 saturated heterocycles. The maximum Gasteiger partial charge on any atom is 0.409 e. The van der Waals surface area contributed by atoms with Gasteiger partial charge < -0.3 is 25.2 Å². The molecule has 1 amide bonds. The van der Waals surface area contributed by atoms with Crippen molar-refractivity contribution in [2.75, 3.05) is 61.4 Å². The Bertz CT molecular complexity index is 1220. The average Bonchev–Trinajstić information content (AvgIpc) is 3.38. The number of ether oxygens (including phenoxy) is 1. The molecular formula is C28H34FN7O2. The lowest BCUT2D eigenvalue weighted by atomic mass is 10.2. The van der Waals surface area contributed by atoms with Crippen molar-refractivity contribution in [1.82, 2.24) is 19.8 Å². The van der Waals surface area contributed by atoms with Gasteiger partial charge >= 0.3 is 6.09 Å². The predicted molar refractivity (Wildman–Crippen MR) is 146 cm³/mol. The Kier molecular flexibility index (Phi) is 8.18. The van der Waals surface area contributed by atoms with E-state index in [4.69, 9.17) is 4.74 Å². The van der Waals surface area contributed by atoms with Gasteiger partial charge in [0.1, 0.15) is 0 Å². The minimum atomic E-state index is -0.467. The number of nitrogens with zero attached hydrogens (tertiary/aromatic N) is 5. The molecule has 1 unspecified atom stereocenters. The summed E-state index contributed by atoms with van der Waals surface area (Å²) in [5.74, 6) is 0.0721. The van der Waals surface area contributed by atoms with E-state index in [9.17, 15) is 9.18 Å². The van der Waals surface area contributed by atoms with Gasteiger partial charge in [-0.3, -0.25) is 4.90 Å². The number of carbonyl (C=O) groups is 1. The maximum atomic E-state index is 14.6. The number of aromatic nitrogens is 2. The molecule has 0 bridgehead atoms. The van der Waals surface area contributed by atoms with Gasteiger partial charge in [-0.25, -0.2) is 14.2 Å². The van der Waals surface area contributed by atoms with Crippen molar-refractivity contribution in [2.24, 2.45) is 0 Å². The number of rotatable bonds is 8. The van der Waals surface area contributed by atoms with Gasteiger partial charge in [-0.05, 0) is 37.1 Å². The zero-order valence-electron chi connectivity index (χ0n) is 21.6. The van der Waals surface area contributed by atoms with Gasteiger partial charge in [-0.2, -0.15) is 4.98 Å². The highest BCUT2D eigenvalue weighted by molar-refractivity contribution is 5.68. The summed E-state index contributed by atoms with van der Waals surface area (Å²) in [6, 6.07) is 18.4. The van der Waals surface area contributed by atoms with E-state index in [1.807, 2.05) is 49.4 Å². The fraction of sp³-hybridized carbons (Fsp3) is 0.393. The molecule has 38 heavy (non-hydrogen) atoms. The van der Waals surface area contributed by atoms with Crippen LogP contribution in [0.15, 0.2) is 60.8 Å². The van der Waals surface area contributed by atoms with Crippen LogP contribution < -0.4 is 15.5 Å². The number of halogens is 1. The Morgan fingerprint density at radius 3 is 2.68 bits per heavy atom. The van der Waals surface area contributed by atoms with Crippen LogP contribution >= 0.6 is 0 Å². The van der Waals surface area contributed by atoms with Gasteiger partial charge in [-0.1, -0.05) is 36.4 Å². The van der Waals surface area contributed by atoms with Crippen molar-refractivity contribution >= 4 is 29.2 Å². The second-order valence-corrected chi connectivity index (χ2v) is 9.59. The van der Waals surface area contributed by atoms with Crippen molar-refractivity contribution in [1.29, 1.82) is 0 Å². The highest BCUT2D eigenvalue weighted by Gasteiger charge is 2.24. The number of hydrogen-bond acceptors (Lipinski definition) is 8. The summed E-state index contributed by atoms with van der Waals surface area (Å²) in [7, 11) is 0. The number of nitrogens with one attached hydrogen (secondary N) is 2. The fourth-order valence-electron chi connectivity index (χ4n) is 4.93. The van der Waals surface area contributed by atoms with Crippen LogP contribution in [0.1, 0.15) is 18.9 Å². The van der Waals surface area contributed by atoms with Gasteiger partial charge in [0.05, 0.1) is 12.8 Å². The molecule has 10 heteroatoms. The van der Waals surface area contributed by atoms with Crippen molar-refractivity contribution in [3.8, 4) is 0 Å². The first kappa shape index (κ1) is 25.7. The van der Waals surface area contributed by atoms with Crippen LogP contribution in [-0.4, -0.2) is 77.8 Å². The van der Waals surface area contributed by atoms with E-state index in [0.717, 1.165) is 37.4 Å². The van der Waals surface area contributed by atoms with Crippen LogP contribution in [-0.2, 0) is 11.3 Å². The van der Waals surface area contributed by atoms with E-state index in [-0.39, 0.29) is 18.0 Å². The lowest BCUT2D eigenvalue weighted by Gasteiger charge is -2.35. The minimum Gasteiger partial charge on any atom is -0.450 e. The summed E-state index contributed by atoms with van der Waals surface area (Å²) in [5.41, 5.74) is 3.11. The maximum absolute atomic E-state index is 14.6. The number of hydrogen-bond donors (Lipinski definition) is 2. The second kappa shape index (κ2) is 12.1. The van der Waals surface area contributed by atoms with E-state index in [1.165, 1.54) is 11.8 Å². The second-order valence-electron chi connectivity index (χ2n) is 9.59. The summed E-state index contributed by atoms with van der Waals surface area (Å²) in [6.45, 7) is 7.49. The number of piperazine rings is 1. The van der Waals surface area contributed by atoms with Crippen LogP contribution in [0.4, 0.5) is 32.3 Å². The Balaban J connectivity index is 1.18. The highest BCUT2D eigenvalue weighted by atomic mass is 19.1. The van der Waals surface area contributed by atoms with Crippen LogP contribution in [0.25, 0.3) is 0 Å². The first-order chi connectivity index (χ1) is 18.6. The van der Waals surface area contributed by atoms with Gasteiger partial charge in [0.2, 0.25) is 5.95 Å². The predicted octanol–water partition coefficient (Wildman–Crippen LogP) is 4.32. The molecule has 0 spiro atoms. The lowest BCUT2D eigenvalue weighted by molar-refractivity contribution is 0.105. The fourth-order valence-corrected chi connectivity index (χ4v) is 4.93. The van der Waals surface area contributed by atoms with Gasteiger partial charge in [0.25, 0.3) is 0 Å². The number of carbonyl (C=O) groups excluding carboxylic acids is 1. The minimum absolute atomic E-state index is 0.118. The summed E-state index contributed by atoms with van der Waals surface area (Å²) in [4.78, 5) is 26.9. The van der Waals surface area contributed by atoms with E-state index in [0.29, 0.717) is 38.7 Å². The summed E-state index contributed by atoms with van der Waals surface area (Å²) >= 11 is 0. The molecule has 1 atom stereocenters. The molecule has 9 nitrogen and oxygen atoms in total. The third-order valence-corrected chi connectivity index (χ3v) is 6.88. The molecule has 200 valence electrons. The van der Waals surface area contributed by atoms with Gasteiger partial charge in [-0.15, -0.1) is 0 Å². The summed E-state index contributed by atoms with van der Waals surface area (Å²) in [6.07, 6.45) is 1.86. The molecule has 2 aromatic carbocycles. The third-order valence-electron chi connectivity index (χ3n) is 6.88. The molecule has 2 N–H and O–H groups in total. The van der Waals surface area contributed by atoms with Crippen LogP contribution in [0.3, 0.4) is 0 Å². The van der Waals surface area contributed by atoms with Crippen LogP contribution in [0.5, 0.6) is 0 Å². The zero-order chi connectivity index (χ0) is 26.3. The quantitative estimate of drug-likeness (QED) is 0.455. The smallest absolute Gasteiger partial charge is 0.409 e. The molecule has 3 heterocycles. The molecule has 5 rings (SSSR count). The van der Waals surface area contributed by atoms with Crippen LogP contribution in [0, 0.1) is 5.82 Å². The highest BCUT2D eigenvalue weighted by Crippen LogP contribution is 2.24. The van der Waals surface area contributed by atoms with Crippen molar-refractivity contribution in [3.05, 3.63) is 72.2 Å². The van der Waals surface area contributed by atoms with E-state index < -0.39 is 5.82 Å². The molecule has 0 saturated carbocycles. The van der Waals surface area contributed by atoms with E-state index in [2.05, 4.69) is 42.5 Å². The Hall–Kier alpha value is -3.92. The molecule has 2 aliphatic rings. The Morgan fingerprint density at radius 1 is 1.08 bits per heavy atom. The van der Waals surface area contributed by atoms with Crippen molar-refractivity contribution in [2.45, 2.75) is 25.9 Å². The SMILES string of the molecule is CCOC(=O)N1CCN(c2cccc(Nc3ncc(F)c(NC4CCN(Cc5ccccc5)C4)n3)c2)CC1. The summed E-state index contributed by atoms with van der Waals surface area (Å²) < 4.78 is 19.7. The standard InChI is InChI=1S/C28H34FN7O2/c1-2-38-28(37)36-15-13-35(14-16-36)24-10-6-9-22(17-24)32-27-30-18-25(29)26(33-27)31-23-11-12-34(20-23)19-21-7-4-3-5-8-21/h3-10,17-18,23H,2,11-16,19-20H2,1H3,(H2,30,31,32,33). The van der Waals surface area contributed by atoms with Crippen molar-refractivity contribution < 1.29 is 13.9 Å². The topological polar surface area (TPSA) is 85.9 Å². The van der Waals surface area contributed by atoms with E-state index >= 15 is 0 Å². The summed E-state index contributed by atoms with van der Waals surface area (Å²) in [5, 5.41) is 6.49. The van der Waals surface area contributed by atoms with Crippen LogP contribution in [0.2, 0.25) is 0 Å². The number of amides is 1. The number of likely N-dealkylation sites (tertiary alicyclic amines) is 1. The molecule has 2 aliphatic heterocycles. The molecule has 2 fully saturated rings. The lowest BCUT2D eigenvalue weighted by Crippen LogP contribution is -2.49. The molecule has 3 aromatic rings. The third kappa shape index (κ3) is 6.49. The molecule has 0 aliphatic carbocycles. The number of anilines is 4. The largest absolute Gasteiger partial charge is 0.450 e. The molecule has 0 radical (unpaired) electrons. The first-order valence-corrected chi connectivity index (χ1v) is 13.2. The van der Waals surface area contributed by atoms with Gasteiger partial charge in [0.15, 0.2) is 11.6 Å². The number of benzene rings is 2. The molecule has 1 aromatic heterocycles. The monoisotopic (exact) mass is 519 g/mol. The molecular weight excluding hydrogens is 485 g/mol. The Labute approximate surface area is 222 Å². The average molecular weight is 520 g/mol.